The van der Waals surface area contributed by atoms with Crippen molar-refractivity contribution in [3.8, 4) is 0 Å². The highest BCUT2D eigenvalue weighted by atomic mass is 16.6. The monoisotopic (exact) mass is 335 g/mol. The third-order valence-corrected chi connectivity index (χ3v) is 4.14. The van der Waals surface area contributed by atoms with E-state index in [0.717, 1.165) is 6.32 Å². The zero-order valence-electron chi connectivity index (χ0n) is 14.9. The lowest BCUT2D eigenvalue weighted by Crippen LogP contribution is -2.30. The molecular formula is C18H30BNO4. The van der Waals surface area contributed by atoms with Gasteiger partial charge in [-0.1, -0.05) is 50.1 Å². The lowest BCUT2D eigenvalue weighted by Gasteiger charge is -2.19. The van der Waals surface area contributed by atoms with E-state index in [1.807, 2.05) is 6.07 Å². The summed E-state index contributed by atoms with van der Waals surface area (Å²) in [4.78, 5) is 0. The van der Waals surface area contributed by atoms with Gasteiger partial charge in [0.2, 0.25) is 0 Å². The number of benzene rings is 1. The normalized spacial score (nSPS) is 20.7. The Hall–Kier alpha value is -0.915. The minimum atomic E-state index is 0.0354. The zero-order valence-corrected chi connectivity index (χ0v) is 14.9. The lowest BCUT2D eigenvalue weighted by atomic mass is 9.77. The molecule has 6 heteroatoms. The highest BCUT2D eigenvalue weighted by Crippen LogP contribution is 2.27. The van der Waals surface area contributed by atoms with Gasteiger partial charge in [-0.3, -0.25) is 0 Å². The van der Waals surface area contributed by atoms with Crippen molar-refractivity contribution in [1.29, 1.82) is 0 Å². The van der Waals surface area contributed by atoms with Crippen LogP contribution in [0.5, 0.6) is 0 Å². The first-order valence-electron chi connectivity index (χ1n) is 8.96. The highest BCUT2D eigenvalue weighted by molar-refractivity contribution is 6.49. The van der Waals surface area contributed by atoms with Crippen LogP contribution in [0.25, 0.3) is 0 Å². The van der Waals surface area contributed by atoms with E-state index < -0.39 is 0 Å². The largest absolute Gasteiger partial charge is 0.414 e. The molecule has 24 heavy (non-hydrogen) atoms. The Labute approximate surface area is 146 Å². The molecule has 134 valence electrons. The van der Waals surface area contributed by atoms with Gasteiger partial charge in [-0.15, -0.1) is 0 Å². The van der Waals surface area contributed by atoms with Gasteiger partial charge in [-0.25, -0.2) is 0 Å². The molecule has 1 aromatic carbocycles. The van der Waals surface area contributed by atoms with Crippen LogP contribution in [0.1, 0.15) is 31.4 Å². The Morgan fingerprint density at radius 3 is 2.58 bits per heavy atom. The van der Waals surface area contributed by atoms with E-state index in [1.54, 1.807) is 7.11 Å². The average molecular weight is 335 g/mol. The summed E-state index contributed by atoms with van der Waals surface area (Å²) < 4.78 is 22.3. The average Bonchev–Trinajstić information content (AvgIpc) is 3.03. The SMILES string of the molecule is CCCCB1N[C@H](c2ccccc2)[C@H](COCCOCCOC)O1. The summed E-state index contributed by atoms with van der Waals surface area (Å²) >= 11 is 0. The van der Waals surface area contributed by atoms with Crippen LogP contribution < -0.4 is 5.23 Å². The quantitative estimate of drug-likeness (QED) is 0.470. The van der Waals surface area contributed by atoms with Crippen molar-refractivity contribution in [2.45, 2.75) is 38.2 Å². The van der Waals surface area contributed by atoms with Gasteiger partial charge in [0.05, 0.1) is 45.2 Å². The van der Waals surface area contributed by atoms with Crippen LogP contribution in [0.2, 0.25) is 6.32 Å². The van der Waals surface area contributed by atoms with Crippen molar-refractivity contribution in [2.75, 3.05) is 40.1 Å². The van der Waals surface area contributed by atoms with Crippen LogP contribution in [0.4, 0.5) is 0 Å². The number of hydrogen-bond donors (Lipinski definition) is 1. The molecule has 1 saturated heterocycles. The summed E-state index contributed by atoms with van der Waals surface area (Å²) in [5, 5.41) is 3.61. The predicted molar refractivity (Wildman–Crippen MR) is 96.2 cm³/mol. The molecule has 0 aromatic heterocycles. The topological polar surface area (TPSA) is 49.0 Å². The molecule has 0 amide bonds. The van der Waals surface area contributed by atoms with E-state index in [0.29, 0.717) is 33.0 Å². The summed E-state index contributed by atoms with van der Waals surface area (Å²) in [6.07, 6.45) is 3.42. The third kappa shape index (κ3) is 6.53. The minimum Gasteiger partial charge on any atom is -0.414 e. The first-order valence-corrected chi connectivity index (χ1v) is 8.96. The first kappa shape index (κ1) is 19.4. The third-order valence-electron chi connectivity index (χ3n) is 4.14. The van der Waals surface area contributed by atoms with Gasteiger partial charge in [0.25, 0.3) is 0 Å². The van der Waals surface area contributed by atoms with Gasteiger partial charge >= 0.3 is 7.05 Å². The van der Waals surface area contributed by atoms with Gasteiger partial charge in [0, 0.05) is 7.11 Å². The standard InChI is InChI=1S/C18H30BNO4/c1-3-4-10-19-20-18(16-8-6-5-7-9-16)17(24-19)15-23-14-13-22-12-11-21-2/h5-9,17-18,20H,3-4,10-15H2,1-2H3/t17-,18+/m0/s1. The Morgan fingerprint density at radius 2 is 1.83 bits per heavy atom. The Morgan fingerprint density at radius 1 is 1.08 bits per heavy atom. The molecule has 2 atom stereocenters. The maximum atomic E-state index is 6.18. The summed E-state index contributed by atoms with van der Waals surface area (Å²) in [5.41, 5.74) is 1.25. The molecular weight excluding hydrogens is 305 g/mol. The molecule has 0 spiro atoms. The maximum Gasteiger partial charge on any atom is 0.380 e. The maximum absolute atomic E-state index is 6.18. The van der Waals surface area contributed by atoms with Crippen molar-refractivity contribution < 1.29 is 18.9 Å². The van der Waals surface area contributed by atoms with E-state index in [-0.39, 0.29) is 19.2 Å². The molecule has 0 unspecified atom stereocenters. The van der Waals surface area contributed by atoms with Crippen molar-refractivity contribution >= 4 is 7.05 Å². The summed E-state index contributed by atoms with van der Waals surface area (Å²) in [7, 11) is 1.78. The smallest absolute Gasteiger partial charge is 0.380 e. The summed E-state index contributed by atoms with van der Waals surface area (Å²) in [6.45, 7) is 5.15. The number of rotatable bonds is 12. The van der Waals surface area contributed by atoms with E-state index >= 15 is 0 Å². The van der Waals surface area contributed by atoms with Gasteiger partial charge in [-0.05, 0) is 11.9 Å². The number of ether oxygens (including phenoxy) is 3. The Balaban J connectivity index is 1.78. The second-order valence-electron chi connectivity index (χ2n) is 6.04. The molecule has 0 radical (unpaired) electrons. The van der Waals surface area contributed by atoms with Crippen LogP contribution >= 0.6 is 0 Å². The molecule has 0 aliphatic carbocycles. The number of unbranched alkanes of at least 4 members (excludes halogenated alkanes) is 1. The molecule has 1 aliphatic rings. The van der Waals surface area contributed by atoms with Crippen molar-refractivity contribution in [3.63, 3.8) is 0 Å². The van der Waals surface area contributed by atoms with E-state index in [2.05, 4.69) is 36.4 Å². The van der Waals surface area contributed by atoms with E-state index in [4.69, 9.17) is 18.9 Å². The lowest BCUT2D eigenvalue weighted by molar-refractivity contribution is 0.000290. The minimum absolute atomic E-state index is 0.0354. The van der Waals surface area contributed by atoms with Gasteiger partial charge < -0.3 is 24.1 Å². The molecule has 1 aliphatic heterocycles. The van der Waals surface area contributed by atoms with E-state index in [9.17, 15) is 0 Å². The molecule has 1 fully saturated rings. The van der Waals surface area contributed by atoms with Gasteiger partial charge in [-0.2, -0.15) is 0 Å². The molecule has 0 bridgehead atoms. The number of nitrogens with one attached hydrogen (secondary N) is 1. The second kappa shape index (κ2) is 11.6. The predicted octanol–water partition coefficient (Wildman–Crippen LogP) is 2.68. The molecule has 0 saturated carbocycles. The van der Waals surface area contributed by atoms with Crippen LogP contribution in [0.3, 0.4) is 0 Å². The summed E-state index contributed by atoms with van der Waals surface area (Å²) in [6, 6.07) is 10.6. The first-order chi connectivity index (χ1) is 11.8. The van der Waals surface area contributed by atoms with Gasteiger partial charge in [0.1, 0.15) is 0 Å². The van der Waals surface area contributed by atoms with Crippen LogP contribution in [-0.2, 0) is 18.9 Å². The van der Waals surface area contributed by atoms with E-state index in [1.165, 1.54) is 18.4 Å². The number of hydrogen-bond acceptors (Lipinski definition) is 5. The molecule has 1 heterocycles. The fourth-order valence-corrected chi connectivity index (χ4v) is 2.85. The van der Waals surface area contributed by atoms with Crippen molar-refractivity contribution in [1.82, 2.24) is 5.23 Å². The van der Waals surface area contributed by atoms with Crippen LogP contribution in [-0.4, -0.2) is 53.3 Å². The Kier molecular flexibility index (Phi) is 9.39. The molecule has 1 N–H and O–H groups in total. The molecule has 2 rings (SSSR count). The van der Waals surface area contributed by atoms with Crippen LogP contribution in [0.15, 0.2) is 30.3 Å². The fourth-order valence-electron chi connectivity index (χ4n) is 2.85. The van der Waals surface area contributed by atoms with Crippen LogP contribution in [0, 0.1) is 0 Å². The molecule has 5 nitrogen and oxygen atoms in total. The second-order valence-corrected chi connectivity index (χ2v) is 6.04. The highest BCUT2D eigenvalue weighted by Gasteiger charge is 2.37. The molecule has 1 aromatic rings. The van der Waals surface area contributed by atoms with Crippen molar-refractivity contribution in [3.05, 3.63) is 35.9 Å². The zero-order chi connectivity index (χ0) is 17.0. The van der Waals surface area contributed by atoms with Crippen molar-refractivity contribution in [2.24, 2.45) is 0 Å². The number of methoxy groups -OCH3 is 1. The summed E-state index contributed by atoms with van der Waals surface area (Å²) in [5.74, 6) is 0. The fraction of sp³-hybridized carbons (Fsp3) is 0.667. The van der Waals surface area contributed by atoms with Gasteiger partial charge in [0.15, 0.2) is 0 Å². The Bertz CT molecular complexity index is 434.